The number of carbonyl (C=O) groups is 1. The van der Waals surface area contributed by atoms with Gasteiger partial charge in [-0.1, -0.05) is 0 Å². The lowest BCUT2D eigenvalue weighted by Crippen LogP contribution is -2.06. The van der Waals surface area contributed by atoms with Crippen molar-refractivity contribution in [3.63, 3.8) is 0 Å². The highest BCUT2D eigenvalue weighted by Crippen LogP contribution is 2.28. The Morgan fingerprint density at radius 2 is 1.76 bits per heavy atom. The fourth-order valence-corrected chi connectivity index (χ4v) is 2.08. The number of methoxy groups -OCH3 is 1. The number of anilines is 1. The van der Waals surface area contributed by atoms with Crippen molar-refractivity contribution in [1.82, 2.24) is 0 Å². The Kier molecular flexibility index (Phi) is 3.52. The van der Waals surface area contributed by atoms with Gasteiger partial charge in [0.25, 0.3) is 0 Å². The van der Waals surface area contributed by atoms with Crippen molar-refractivity contribution >= 4 is 11.5 Å². The molecule has 21 heavy (non-hydrogen) atoms. The third-order valence-electron chi connectivity index (χ3n) is 3.45. The van der Waals surface area contributed by atoms with Crippen molar-refractivity contribution in [3.05, 3.63) is 53.6 Å². The van der Waals surface area contributed by atoms with E-state index in [1.54, 1.807) is 37.4 Å². The molecule has 0 saturated heterocycles. The van der Waals surface area contributed by atoms with E-state index >= 15 is 0 Å². The zero-order valence-electron chi connectivity index (χ0n) is 11.8. The molecule has 1 saturated carbocycles. The molecule has 0 unspecified atom stereocenters. The summed E-state index contributed by atoms with van der Waals surface area (Å²) < 4.78 is 10.8. The van der Waals surface area contributed by atoms with Crippen molar-refractivity contribution in [1.29, 1.82) is 0 Å². The minimum atomic E-state index is -0.121. The number of nitrogen functional groups attached to an aromatic ring is 1. The van der Waals surface area contributed by atoms with Gasteiger partial charge in [-0.25, -0.2) is 0 Å². The van der Waals surface area contributed by atoms with E-state index in [0.29, 0.717) is 28.7 Å². The van der Waals surface area contributed by atoms with Crippen LogP contribution in [-0.2, 0) is 0 Å². The zero-order chi connectivity index (χ0) is 14.8. The van der Waals surface area contributed by atoms with Crippen molar-refractivity contribution in [2.45, 2.75) is 18.9 Å². The molecule has 108 valence electrons. The highest BCUT2D eigenvalue weighted by molar-refractivity contribution is 6.12. The molecule has 1 aliphatic carbocycles. The highest BCUT2D eigenvalue weighted by Gasteiger charge is 2.23. The van der Waals surface area contributed by atoms with Crippen LogP contribution in [0.3, 0.4) is 0 Å². The van der Waals surface area contributed by atoms with Crippen LogP contribution in [0.2, 0.25) is 0 Å². The maximum atomic E-state index is 12.5. The highest BCUT2D eigenvalue weighted by atomic mass is 16.5. The van der Waals surface area contributed by atoms with Crippen molar-refractivity contribution in [2.24, 2.45) is 0 Å². The predicted molar refractivity (Wildman–Crippen MR) is 80.9 cm³/mol. The summed E-state index contributed by atoms with van der Waals surface area (Å²) in [5.41, 5.74) is 7.36. The Bertz CT molecular complexity index is 660. The van der Waals surface area contributed by atoms with Crippen molar-refractivity contribution in [3.8, 4) is 11.5 Å². The zero-order valence-corrected chi connectivity index (χ0v) is 11.8. The summed E-state index contributed by atoms with van der Waals surface area (Å²) in [7, 11) is 1.56. The van der Waals surface area contributed by atoms with Gasteiger partial charge in [0.2, 0.25) is 0 Å². The maximum Gasteiger partial charge on any atom is 0.195 e. The molecule has 0 bridgehead atoms. The van der Waals surface area contributed by atoms with E-state index in [1.807, 2.05) is 12.1 Å². The van der Waals surface area contributed by atoms with Crippen molar-refractivity contribution < 1.29 is 14.3 Å². The molecule has 0 aliphatic heterocycles. The Labute approximate surface area is 123 Å². The van der Waals surface area contributed by atoms with Gasteiger partial charge in [0.1, 0.15) is 11.5 Å². The monoisotopic (exact) mass is 283 g/mol. The summed E-state index contributed by atoms with van der Waals surface area (Å²) in [5, 5.41) is 0. The normalized spacial score (nSPS) is 13.8. The molecule has 4 nitrogen and oxygen atoms in total. The summed E-state index contributed by atoms with van der Waals surface area (Å²) in [6.45, 7) is 0. The van der Waals surface area contributed by atoms with Crippen LogP contribution in [0, 0.1) is 0 Å². The number of rotatable bonds is 5. The topological polar surface area (TPSA) is 61.5 Å². The third kappa shape index (κ3) is 2.99. The van der Waals surface area contributed by atoms with Crippen LogP contribution in [0.15, 0.2) is 42.5 Å². The first kappa shape index (κ1) is 13.5. The van der Waals surface area contributed by atoms with Crippen LogP contribution in [0.25, 0.3) is 0 Å². The molecule has 0 amide bonds. The molecule has 1 aliphatic rings. The lowest BCUT2D eigenvalue weighted by Gasteiger charge is -2.08. The molecule has 2 aromatic rings. The molecule has 0 heterocycles. The smallest absolute Gasteiger partial charge is 0.195 e. The van der Waals surface area contributed by atoms with E-state index < -0.39 is 0 Å². The van der Waals surface area contributed by atoms with E-state index in [9.17, 15) is 4.79 Å². The molecule has 2 N–H and O–H groups in total. The van der Waals surface area contributed by atoms with Crippen LogP contribution in [0.4, 0.5) is 5.69 Å². The quantitative estimate of drug-likeness (QED) is 0.676. The number of hydrogen-bond acceptors (Lipinski definition) is 4. The Morgan fingerprint density at radius 1 is 1.10 bits per heavy atom. The SMILES string of the molecule is COc1ccc(N)c(C(=O)c2ccc(OC3CC3)cc2)c1. The Balaban J connectivity index is 1.83. The van der Waals surface area contributed by atoms with Crippen LogP contribution < -0.4 is 15.2 Å². The van der Waals surface area contributed by atoms with Gasteiger partial charge in [-0.15, -0.1) is 0 Å². The van der Waals surface area contributed by atoms with Gasteiger partial charge in [-0.2, -0.15) is 0 Å². The number of nitrogens with two attached hydrogens (primary N) is 1. The average Bonchev–Trinajstić information content (AvgIpc) is 3.32. The molecule has 0 spiro atoms. The lowest BCUT2D eigenvalue weighted by molar-refractivity contribution is 0.103. The number of ether oxygens (including phenoxy) is 2. The van der Waals surface area contributed by atoms with E-state index in [4.69, 9.17) is 15.2 Å². The molecular weight excluding hydrogens is 266 g/mol. The van der Waals surface area contributed by atoms with E-state index in [1.165, 1.54) is 0 Å². The first-order valence-electron chi connectivity index (χ1n) is 6.92. The second kappa shape index (κ2) is 5.48. The van der Waals surface area contributed by atoms with Gasteiger partial charge < -0.3 is 15.2 Å². The fraction of sp³-hybridized carbons (Fsp3) is 0.235. The molecule has 4 heteroatoms. The van der Waals surface area contributed by atoms with E-state index in [0.717, 1.165) is 18.6 Å². The summed E-state index contributed by atoms with van der Waals surface area (Å²) >= 11 is 0. The molecule has 0 aromatic heterocycles. The first-order chi connectivity index (χ1) is 10.2. The lowest BCUT2D eigenvalue weighted by atomic mass is 10.0. The standard InChI is InChI=1S/C17H17NO3/c1-20-14-8-9-16(18)15(10-14)17(19)11-2-4-12(5-3-11)21-13-6-7-13/h2-5,8-10,13H,6-7,18H2,1H3. The number of hydrogen-bond donors (Lipinski definition) is 1. The molecule has 0 radical (unpaired) electrons. The largest absolute Gasteiger partial charge is 0.497 e. The van der Waals surface area contributed by atoms with Crippen molar-refractivity contribution in [2.75, 3.05) is 12.8 Å². The molecule has 2 aromatic carbocycles. The number of carbonyl (C=O) groups excluding carboxylic acids is 1. The number of benzene rings is 2. The minimum absolute atomic E-state index is 0.121. The molecule has 3 rings (SSSR count). The van der Waals surface area contributed by atoms with Gasteiger partial charge in [0, 0.05) is 16.8 Å². The summed E-state index contributed by atoms with van der Waals surface area (Å²) in [6.07, 6.45) is 2.57. The van der Waals surface area contributed by atoms with Crippen LogP contribution in [0.1, 0.15) is 28.8 Å². The molecule has 0 atom stereocenters. The predicted octanol–water partition coefficient (Wildman–Crippen LogP) is 3.05. The first-order valence-corrected chi connectivity index (χ1v) is 6.92. The van der Waals surface area contributed by atoms with E-state index in [-0.39, 0.29) is 5.78 Å². The third-order valence-corrected chi connectivity index (χ3v) is 3.45. The van der Waals surface area contributed by atoms with Gasteiger partial charge in [-0.05, 0) is 55.3 Å². The second-order valence-electron chi connectivity index (χ2n) is 5.12. The Hall–Kier alpha value is -2.49. The van der Waals surface area contributed by atoms with Gasteiger partial charge >= 0.3 is 0 Å². The Morgan fingerprint density at radius 3 is 2.38 bits per heavy atom. The summed E-state index contributed by atoms with van der Waals surface area (Å²) in [6, 6.07) is 12.2. The van der Waals surface area contributed by atoms with Gasteiger partial charge in [-0.3, -0.25) is 4.79 Å². The van der Waals surface area contributed by atoms with Crippen LogP contribution in [0.5, 0.6) is 11.5 Å². The van der Waals surface area contributed by atoms with Gasteiger partial charge in [0.15, 0.2) is 5.78 Å². The molecule has 1 fully saturated rings. The van der Waals surface area contributed by atoms with Gasteiger partial charge in [0.05, 0.1) is 13.2 Å². The average molecular weight is 283 g/mol. The number of ketones is 1. The van der Waals surface area contributed by atoms with E-state index in [2.05, 4.69) is 0 Å². The second-order valence-corrected chi connectivity index (χ2v) is 5.12. The minimum Gasteiger partial charge on any atom is -0.497 e. The van der Waals surface area contributed by atoms with Crippen LogP contribution >= 0.6 is 0 Å². The summed E-state index contributed by atoms with van der Waals surface area (Å²) in [5.74, 6) is 1.29. The molecular formula is C17H17NO3. The fourth-order valence-electron chi connectivity index (χ4n) is 2.08. The van der Waals surface area contributed by atoms with Crippen LogP contribution in [-0.4, -0.2) is 19.0 Å². The summed E-state index contributed by atoms with van der Waals surface area (Å²) in [4.78, 5) is 12.5. The maximum absolute atomic E-state index is 12.5.